The van der Waals surface area contributed by atoms with E-state index in [0.717, 1.165) is 0 Å². The van der Waals surface area contributed by atoms with E-state index in [2.05, 4.69) is 18.9 Å². The smallest absolute Gasteiger partial charge is 0.133 e. The fourth-order valence-corrected chi connectivity index (χ4v) is 2.20. The zero-order valence-electron chi connectivity index (χ0n) is 11.4. The van der Waals surface area contributed by atoms with Crippen LogP contribution in [0, 0.1) is 0 Å². The first kappa shape index (κ1) is 16.4. The third-order valence-corrected chi connectivity index (χ3v) is 3.18. The number of likely N-dealkylation sites (N-methyl/N-ethyl adjacent to an activating group) is 1. The highest BCUT2D eigenvalue weighted by molar-refractivity contribution is 5.29. The molecule has 0 saturated carbocycles. The predicted molar refractivity (Wildman–Crippen MR) is 67.6 cm³/mol. The van der Waals surface area contributed by atoms with E-state index in [0.29, 0.717) is 0 Å². The number of carbonyl (C=O) groups is 1. The molecule has 1 heterocycles. The normalized spacial score (nSPS) is 19.8. The Balaban J connectivity index is 0.000000770. The summed E-state index contributed by atoms with van der Waals surface area (Å²) in [4.78, 5) is 12.5. The average Bonchev–Trinajstić information content (AvgIpc) is 2.70. The van der Waals surface area contributed by atoms with Crippen LogP contribution in [0.5, 0.6) is 0 Å². The molecular formula is C13H28N2O2. The van der Waals surface area contributed by atoms with Gasteiger partial charge in [0.05, 0.1) is 20.1 Å². The molecule has 1 atom stereocenters. The lowest BCUT2D eigenvalue weighted by atomic mass is 10.1. The minimum absolute atomic E-state index is 0.500. The topological polar surface area (TPSA) is 47.8 Å². The molecule has 0 aliphatic carbocycles. The molecule has 1 unspecified atom stereocenters. The largest absolute Gasteiger partial charge is 0.554 e. The third kappa shape index (κ3) is 10.3. The maximum Gasteiger partial charge on any atom is 0.133 e. The van der Waals surface area contributed by atoms with E-state index in [1.54, 1.807) is 4.90 Å². The summed E-state index contributed by atoms with van der Waals surface area (Å²) in [5.74, 6) is 0. The third-order valence-electron chi connectivity index (χ3n) is 3.18. The van der Waals surface area contributed by atoms with Gasteiger partial charge in [0.1, 0.15) is 6.67 Å². The van der Waals surface area contributed by atoms with Gasteiger partial charge in [-0.2, -0.15) is 0 Å². The standard InChI is InChI=1S/C12H26N2.CH2O2/c1-3-4-5-6-7-8-9-14-11-10-13(2)12-14;2-1-3/h3-12H2,1-2H3;1H,(H,2,3). The number of rotatable bonds is 7. The Hall–Kier alpha value is -0.610. The summed E-state index contributed by atoms with van der Waals surface area (Å²) in [7, 11) is 2.29. The van der Waals surface area contributed by atoms with E-state index >= 15 is 0 Å². The van der Waals surface area contributed by atoms with Crippen molar-refractivity contribution in [1.29, 1.82) is 0 Å². The van der Waals surface area contributed by atoms with E-state index in [4.69, 9.17) is 9.90 Å². The van der Waals surface area contributed by atoms with Crippen LogP contribution < -0.4 is 10.0 Å². The van der Waals surface area contributed by atoms with Crippen molar-refractivity contribution in [3.05, 3.63) is 0 Å². The first-order chi connectivity index (χ1) is 8.24. The van der Waals surface area contributed by atoms with Crippen molar-refractivity contribution < 1.29 is 14.8 Å². The molecule has 0 aromatic rings. The molecular weight excluding hydrogens is 216 g/mol. The lowest BCUT2D eigenvalue weighted by Gasteiger charge is -2.12. The molecule has 0 aromatic heterocycles. The summed E-state index contributed by atoms with van der Waals surface area (Å²) in [5, 5.41) is 8.25. The second-order valence-electron chi connectivity index (χ2n) is 4.85. The Morgan fingerprint density at radius 3 is 2.35 bits per heavy atom. The van der Waals surface area contributed by atoms with Crippen LogP contribution in [-0.4, -0.2) is 44.7 Å². The Kier molecular flexibility index (Phi) is 11.4. The molecule has 0 bridgehead atoms. The molecule has 0 aromatic carbocycles. The molecule has 1 rings (SSSR count). The number of hydrogen-bond acceptors (Lipinski definition) is 3. The summed E-state index contributed by atoms with van der Waals surface area (Å²) in [5.41, 5.74) is 0. The second kappa shape index (κ2) is 11.9. The molecule has 102 valence electrons. The van der Waals surface area contributed by atoms with Gasteiger partial charge < -0.3 is 14.8 Å². The van der Waals surface area contributed by atoms with Crippen molar-refractivity contribution >= 4 is 6.47 Å². The Bertz CT molecular complexity index is 177. The molecule has 1 saturated heterocycles. The van der Waals surface area contributed by atoms with Crippen LogP contribution in [0.2, 0.25) is 0 Å². The number of carbonyl (C=O) groups excluding carboxylic acids is 1. The van der Waals surface area contributed by atoms with E-state index in [9.17, 15) is 0 Å². The zero-order valence-corrected chi connectivity index (χ0v) is 11.4. The lowest BCUT2D eigenvalue weighted by Crippen LogP contribution is -3.07. The molecule has 1 N–H and O–H groups in total. The van der Waals surface area contributed by atoms with Crippen LogP contribution in [0.3, 0.4) is 0 Å². The number of unbranched alkanes of at least 4 members (excludes halogenated alkanes) is 5. The molecule has 17 heavy (non-hydrogen) atoms. The van der Waals surface area contributed by atoms with Gasteiger partial charge in [0.15, 0.2) is 0 Å². The second-order valence-corrected chi connectivity index (χ2v) is 4.85. The molecule has 4 nitrogen and oxygen atoms in total. The number of hydrogen-bond donors (Lipinski definition) is 1. The maximum atomic E-state index is 8.25. The summed E-state index contributed by atoms with van der Waals surface area (Å²) >= 11 is 0. The number of carboxylic acid groups (broad SMARTS) is 1. The Morgan fingerprint density at radius 2 is 1.82 bits per heavy atom. The van der Waals surface area contributed by atoms with Crippen molar-refractivity contribution in [2.75, 3.05) is 33.4 Å². The highest BCUT2D eigenvalue weighted by Crippen LogP contribution is 2.05. The zero-order chi connectivity index (χ0) is 12.9. The van der Waals surface area contributed by atoms with E-state index in [1.807, 2.05) is 0 Å². The van der Waals surface area contributed by atoms with Gasteiger partial charge in [0, 0.05) is 13.0 Å². The fourth-order valence-electron chi connectivity index (χ4n) is 2.20. The first-order valence-electron chi connectivity index (χ1n) is 6.83. The lowest BCUT2D eigenvalue weighted by molar-refractivity contribution is -0.871. The monoisotopic (exact) mass is 244 g/mol. The van der Waals surface area contributed by atoms with E-state index in [1.165, 1.54) is 64.8 Å². The minimum Gasteiger partial charge on any atom is -0.554 e. The van der Waals surface area contributed by atoms with Crippen molar-refractivity contribution in [2.45, 2.75) is 45.4 Å². The summed E-state index contributed by atoms with van der Waals surface area (Å²) < 4.78 is 0. The molecule has 1 aliphatic rings. The summed E-state index contributed by atoms with van der Waals surface area (Å²) in [6.07, 6.45) is 8.54. The van der Waals surface area contributed by atoms with Crippen molar-refractivity contribution in [3.63, 3.8) is 0 Å². The fraction of sp³-hybridized carbons (Fsp3) is 0.923. The maximum absolute atomic E-state index is 8.25. The number of nitrogens with zero attached hydrogens (tertiary/aromatic N) is 1. The molecule has 4 heteroatoms. The van der Waals surface area contributed by atoms with Crippen molar-refractivity contribution in [1.82, 2.24) is 4.90 Å². The highest BCUT2D eigenvalue weighted by Gasteiger charge is 2.18. The molecule has 1 fully saturated rings. The van der Waals surface area contributed by atoms with Crippen molar-refractivity contribution in [3.8, 4) is 0 Å². The minimum atomic E-state index is -0.500. The summed E-state index contributed by atoms with van der Waals surface area (Å²) in [6, 6.07) is 0. The van der Waals surface area contributed by atoms with Gasteiger partial charge in [-0.25, -0.2) is 0 Å². The number of quaternary nitrogens is 1. The van der Waals surface area contributed by atoms with Gasteiger partial charge in [0.2, 0.25) is 0 Å². The Morgan fingerprint density at radius 1 is 1.24 bits per heavy atom. The highest BCUT2D eigenvalue weighted by atomic mass is 16.3. The van der Waals surface area contributed by atoms with Crippen LogP contribution in [-0.2, 0) is 4.79 Å². The van der Waals surface area contributed by atoms with Gasteiger partial charge in [-0.15, -0.1) is 0 Å². The van der Waals surface area contributed by atoms with Gasteiger partial charge in [-0.05, 0) is 6.42 Å². The van der Waals surface area contributed by atoms with Crippen LogP contribution in [0.1, 0.15) is 45.4 Å². The SMILES string of the molecule is CCCCCCCCN1CC[NH+](C)C1.O=C[O-]. The average molecular weight is 244 g/mol. The Labute approximate surface area is 106 Å². The van der Waals surface area contributed by atoms with Crippen LogP contribution in [0.15, 0.2) is 0 Å². The van der Waals surface area contributed by atoms with Gasteiger partial charge in [-0.1, -0.05) is 39.0 Å². The first-order valence-corrected chi connectivity index (χ1v) is 6.83. The van der Waals surface area contributed by atoms with Gasteiger partial charge in [0.25, 0.3) is 0 Å². The van der Waals surface area contributed by atoms with Gasteiger partial charge >= 0.3 is 0 Å². The van der Waals surface area contributed by atoms with E-state index < -0.39 is 6.47 Å². The molecule has 0 radical (unpaired) electrons. The van der Waals surface area contributed by atoms with E-state index in [-0.39, 0.29) is 0 Å². The van der Waals surface area contributed by atoms with Crippen LogP contribution >= 0.6 is 0 Å². The number of nitrogens with one attached hydrogen (secondary N) is 1. The molecule has 0 spiro atoms. The van der Waals surface area contributed by atoms with Crippen molar-refractivity contribution in [2.24, 2.45) is 0 Å². The van der Waals surface area contributed by atoms with Crippen LogP contribution in [0.25, 0.3) is 0 Å². The summed E-state index contributed by atoms with van der Waals surface area (Å²) in [6.45, 7) is 7.05. The predicted octanol–water partition coefficient (Wildman–Crippen LogP) is -0.499. The molecule has 1 aliphatic heterocycles. The molecule has 0 amide bonds. The van der Waals surface area contributed by atoms with Gasteiger partial charge in [-0.3, -0.25) is 4.90 Å². The van der Waals surface area contributed by atoms with Crippen LogP contribution in [0.4, 0.5) is 0 Å². The quantitative estimate of drug-likeness (QED) is 0.485.